The van der Waals surface area contributed by atoms with Crippen molar-refractivity contribution in [3.63, 3.8) is 0 Å². The molecular weight excluding hydrogens is 266 g/mol. The molecule has 1 amide bonds. The molecule has 0 bridgehead atoms. The number of quaternary nitrogens is 1. The monoisotopic (exact) mass is 291 g/mol. The fourth-order valence-electron chi connectivity index (χ4n) is 2.84. The second-order valence-corrected chi connectivity index (χ2v) is 5.72. The molecule has 2 atom stereocenters. The molecule has 4 heteroatoms. The summed E-state index contributed by atoms with van der Waals surface area (Å²) in [5.74, 6) is -0.369. The molecule has 1 fully saturated rings. The van der Waals surface area contributed by atoms with E-state index in [9.17, 15) is 10.0 Å². The number of nitrogens with zero attached hydrogens (tertiary/aromatic N) is 1. The smallest absolute Gasteiger partial charge is 0.347 e. The zero-order valence-electron chi connectivity index (χ0n) is 12.8. The van der Waals surface area contributed by atoms with Crippen molar-refractivity contribution < 1.29 is 14.2 Å². The zero-order chi connectivity index (χ0) is 15.1. The average Bonchev–Trinajstić information content (AvgIpc) is 2.89. The van der Waals surface area contributed by atoms with Crippen molar-refractivity contribution in [2.45, 2.75) is 51.7 Å². The summed E-state index contributed by atoms with van der Waals surface area (Å²) < 4.78 is 4.90. The minimum absolute atomic E-state index is 0.327. The maximum atomic E-state index is 12.9. The Bertz CT molecular complexity index is 449. The Morgan fingerprint density at radius 2 is 2.05 bits per heavy atom. The van der Waals surface area contributed by atoms with Crippen LogP contribution >= 0.6 is 0 Å². The van der Waals surface area contributed by atoms with Crippen molar-refractivity contribution in [2.24, 2.45) is 0 Å². The van der Waals surface area contributed by atoms with Crippen LogP contribution in [0.1, 0.15) is 55.8 Å². The van der Waals surface area contributed by atoms with E-state index in [0.717, 1.165) is 19.3 Å². The standard InChI is InChI=1S/C17H25NO3/c1-2-3-4-8-14-21-16-12-9-13-18(16,20)17(19)15-10-6-5-7-11-15/h5-7,10-11,16H,2-4,8-9,12-14H2,1H3. The van der Waals surface area contributed by atoms with E-state index in [2.05, 4.69) is 6.92 Å². The van der Waals surface area contributed by atoms with Gasteiger partial charge in [-0.15, -0.1) is 0 Å². The number of benzene rings is 1. The third-order valence-corrected chi connectivity index (χ3v) is 4.08. The summed E-state index contributed by atoms with van der Waals surface area (Å²) in [6.45, 7) is 3.07. The Kier molecular flexibility index (Phi) is 5.91. The van der Waals surface area contributed by atoms with Crippen molar-refractivity contribution >= 4 is 5.91 Å². The molecule has 4 nitrogen and oxygen atoms in total. The minimum atomic E-state index is -0.849. The predicted octanol–water partition coefficient (Wildman–Crippen LogP) is 3.86. The second-order valence-electron chi connectivity index (χ2n) is 5.72. The van der Waals surface area contributed by atoms with Gasteiger partial charge < -0.3 is 9.94 Å². The third kappa shape index (κ3) is 3.90. The average molecular weight is 291 g/mol. The number of ether oxygens (including phenoxy) is 1. The summed E-state index contributed by atoms with van der Waals surface area (Å²) in [4.78, 5) is 12.5. The van der Waals surface area contributed by atoms with Crippen molar-refractivity contribution in [2.75, 3.05) is 13.2 Å². The van der Waals surface area contributed by atoms with Crippen LogP contribution in [0, 0.1) is 5.21 Å². The molecule has 1 aliphatic rings. The number of carbonyl (C=O) groups excluding carboxylic acids is 1. The van der Waals surface area contributed by atoms with Gasteiger partial charge in [0.15, 0.2) is 6.23 Å². The molecule has 0 spiro atoms. The Balaban J connectivity index is 1.94. The molecule has 0 aliphatic carbocycles. The molecule has 0 radical (unpaired) electrons. The van der Waals surface area contributed by atoms with Crippen molar-refractivity contribution in [3.8, 4) is 0 Å². The Morgan fingerprint density at radius 3 is 2.76 bits per heavy atom. The van der Waals surface area contributed by atoms with Gasteiger partial charge in [0.2, 0.25) is 0 Å². The number of carbonyl (C=O) groups is 1. The predicted molar refractivity (Wildman–Crippen MR) is 82.4 cm³/mol. The maximum absolute atomic E-state index is 12.9. The topological polar surface area (TPSA) is 49.4 Å². The maximum Gasteiger partial charge on any atom is 0.347 e. The molecule has 0 saturated carbocycles. The van der Waals surface area contributed by atoms with Crippen molar-refractivity contribution in [1.29, 1.82) is 0 Å². The van der Waals surface area contributed by atoms with Gasteiger partial charge in [-0.3, -0.25) is 4.65 Å². The van der Waals surface area contributed by atoms with Crippen molar-refractivity contribution in [1.82, 2.24) is 0 Å². The molecular formula is C17H25NO3. The molecule has 1 saturated heterocycles. The third-order valence-electron chi connectivity index (χ3n) is 4.08. The molecule has 1 aromatic rings. The number of likely N-dealkylation sites (tertiary alicyclic amines) is 1. The van der Waals surface area contributed by atoms with E-state index < -0.39 is 10.9 Å². The Hall–Kier alpha value is -1.23. The highest BCUT2D eigenvalue weighted by Gasteiger charge is 2.42. The molecule has 2 unspecified atom stereocenters. The normalized spacial score (nSPS) is 25.1. The lowest BCUT2D eigenvalue weighted by Gasteiger charge is -2.40. The molecule has 0 aromatic heterocycles. The summed E-state index contributed by atoms with van der Waals surface area (Å²) in [6.07, 6.45) is 5.35. The van der Waals surface area contributed by atoms with Gasteiger partial charge in [0.05, 0.1) is 18.7 Å². The van der Waals surface area contributed by atoms with Gasteiger partial charge in [0, 0.05) is 12.8 Å². The van der Waals surface area contributed by atoms with E-state index in [4.69, 9.17) is 4.74 Å². The van der Waals surface area contributed by atoms with E-state index >= 15 is 0 Å². The quantitative estimate of drug-likeness (QED) is 0.435. The van der Waals surface area contributed by atoms with E-state index in [1.807, 2.05) is 6.07 Å². The van der Waals surface area contributed by atoms with Crippen LogP contribution in [0.2, 0.25) is 0 Å². The fourth-order valence-corrected chi connectivity index (χ4v) is 2.84. The number of amides is 1. The summed E-state index contributed by atoms with van der Waals surface area (Å²) in [6, 6.07) is 8.83. The van der Waals surface area contributed by atoms with E-state index in [0.29, 0.717) is 25.1 Å². The van der Waals surface area contributed by atoms with E-state index in [-0.39, 0.29) is 5.91 Å². The second kappa shape index (κ2) is 7.69. The summed E-state index contributed by atoms with van der Waals surface area (Å²) in [5.41, 5.74) is 0.481. The largest absolute Gasteiger partial charge is 0.623 e. The molecule has 1 aromatic carbocycles. The lowest BCUT2D eigenvalue weighted by Crippen LogP contribution is -2.52. The molecule has 21 heavy (non-hydrogen) atoms. The first kappa shape index (κ1) is 16.1. The van der Waals surface area contributed by atoms with Gasteiger partial charge >= 0.3 is 5.91 Å². The number of rotatable bonds is 7. The first-order valence-corrected chi connectivity index (χ1v) is 7.99. The summed E-state index contributed by atoms with van der Waals surface area (Å²) >= 11 is 0. The van der Waals surface area contributed by atoms with Crippen LogP contribution in [0.25, 0.3) is 0 Å². The Morgan fingerprint density at radius 1 is 1.29 bits per heavy atom. The summed E-state index contributed by atoms with van der Waals surface area (Å²) in [5, 5.41) is 12.9. The van der Waals surface area contributed by atoms with Gasteiger partial charge in [-0.1, -0.05) is 44.4 Å². The summed E-state index contributed by atoms with van der Waals surface area (Å²) in [7, 11) is 0. The van der Waals surface area contributed by atoms with Gasteiger partial charge in [-0.05, 0) is 18.6 Å². The van der Waals surface area contributed by atoms with Gasteiger partial charge in [-0.25, -0.2) is 4.79 Å². The first-order chi connectivity index (χ1) is 10.2. The van der Waals surface area contributed by atoms with Crippen molar-refractivity contribution in [3.05, 3.63) is 41.1 Å². The van der Waals surface area contributed by atoms with Crippen LogP contribution in [-0.4, -0.2) is 29.9 Å². The molecule has 1 aliphatic heterocycles. The van der Waals surface area contributed by atoms with Gasteiger partial charge in [0.25, 0.3) is 0 Å². The fraction of sp³-hybridized carbons (Fsp3) is 0.588. The number of hydrogen-bond acceptors (Lipinski definition) is 3. The van der Waals surface area contributed by atoms with Crippen LogP contribution in [-0.2, 0) is 4.74 Å². The minimum Gasteiger partial charge on any atom is -0.623 e. The molecule has 116 valence electrons. The molecule has 1 heterocycles. The van der Waals surface area contributed by atoms with E-state index in [1.54, 1.807) is 24.3 Å². The van der Waals surface area contributed by atoms with Gasteiger partial charge in [-0.2, -0.15) is 0 Å². The first-order valence-electron chi connectivity index (χ1n) is 7.99. The molecule has 2 rings (SSSR count). The Labute approximate surface area is 126 Å². The highest BCUT2D eigenvalue weighted by Crippen LogP contribution is 2.29. The van der Waals surface area contributed by atoms with Crippen LogP contribution in [0.15, 0.2) is 30.3 Å². The highest BCUT2D eigenvalue weighted by molar-refractivity contribution is 5.89. The van der Waals surface area contributed by atoms with E-state index in [1.165, 1.54) is 12.8 Å². The number of hydroxylamine groups is 3. The number of unbranched alkanes of at least 4 members (excludes halogenated alkanes) is 3. The number of hydrogen-bond donors (Lipinski definition) is 0. The molecule has 0 N–H and O–H groups in total. The van der Waals surface area contributed by atoms with Crippen LogP contribution in [0.3, 0.4) is 0 Å². The zero-order valence-corrected chi connectivity index (χ0v) is 12.8. The lowest BCUT2D eigenvalue weighted by atomic mass is 10.2. The van der Waals surface area contributed by atoms with Gasteiger partial charge in [0.1, 0.15) is 0 Å². The van der Waals surface area contributed by atoms with Crippen LogP contribution in [0.4, 0.5) is 0 Å². The highest BCUT2D eigenvalue weighted by atomic mass is 16.6. The SMILES string of the molecule is CCCCCCOC1CCC[N+]1([O-])C(=O)c1ccccc1. The van der Waals surface area contributed by atoms with Crippen LogP contribution < -0.4 is 0 Å². The lowest BCUT2D eigenvalue weighted by molar-refractivity contribution is -0.837. The van der Waals surface area contributed by atoms with Crippen LogP contribution in [0.5, 0.6) is 0 Å².